The zero-order valence-corrected chi connectivity index (χ0v) is 10.4. The molecule has 0 aliphatic heterocycles. The van der Waals surface area contributed by atoms with E-state index < -0.39 is 5.97 Å². The molecule has 0 saturated carbocycles. The molecule has 0 fully saturated rings. The van der Waals surface area contributed by atoms with Gasteiger partial charge in [-0.3, -0.25) is 0 Å². The van der Waals surface area contributed by atoms with Crippen molar-refractivity contribution in [2.75, 3.05) is 20.1 Å². The summed E-state index contributed by atoms with van der Waals surface area (Å²) < 4.78 is 0. The van der Waals surface area contributed by atoms with Gasteiger partial charge < -0.3 is 10.0 Å². The highest BCUT2D eigenvalue weighted by Gasteiger charge is 2.01. The molecule has 17 heavy (non-hydrogen) atoms. The van der Waals surface area contributed by atoms with Gasteiger partial charge in [-0.2, -0.15) is 0 Å². The largest absolute Gasteiger partial charge is 0.478 e. The molecule has 3 nitrogen and oxygen atoms in total. The van der Waals surface area contributed by atoms with Crippen molar-refractivity contribution < 1.29 is 9.90 Å². The average molecular weight is 233 g/mol. The number of hydrogen-bond acceptors (Lipinski definition) is 2. The van der Waals surface area contributed by atoms with Gasteiger partial charge in [-0.15, -0.1) is 0 Å². The molecule has 0 radical (unpaired) electrons. The van der Waals surface area contributed by atoms with E-state index in [1.807, 2.05) is 32.2 Å². The third-order valence-corrected chi connectivity index (χ3v) is 2.51. The van der Waals surface area contributed by atoms with Crippen LogP contribution < -0.4 is 0 Å². The standard InChI is InChI=1S/C14H19NO2/c1-12(10-14(16)17)11-15(2)9-8-13-6-4-3-5-7-13/h3-7,10H,8-9,11H2,1-2H3,(H,16,17). The molecule has 1 rings (SSSR count). The number of carbonyl (C=O) groups is 1. The van der Waals surface area contributed by atoms with E-state index in [0.29, 0.717) is 6.54 Å². The van der Waals surface area contributed by atoms with E-state index in [-0.39, 0.29) is 0 Å². The Balaban J connectivity index is 2.35. The highest BCUT2D eigenvalue weighted by atomic mass is 16.4. The van der Waals surface area contributed by atoms with Gasteiger partial charge >= 0.3 is 5.97 Å². The molecule has 0 bridgehead atoms. The first-order chi connectivity index (χ1) is 8.08. The van der Waals surface area contributed by atoms with Crippen molar-refractivity contribution in [3.05, 3.63) is 47.5 Å². The number of carboxylic acids is 1. The van der Waals surface area contributed by atoms with Crippen molar-refractivity contribution in [1.29, 1.82) is 0 Å². The quantitative estimate of drug-likeness (QED) is 0.766. The van der Waals surface area contributed by atoms with Gasteiger partial charge in [0.1, 0.15) is 0 Å². The molecule has 0 amide bonds. The summed E-state index contributed by atoms with van der Waals surface area (Å²) in [5.41, 5.74) is 2.17. The Kier molecular flexibility index (Phi) is 5.43. The Bertz CT molecular complexity index is 384. The van der Waals surface area contributed by atoms with Crippen molar-refractivity contribution >= 4 is 5.97 Å². The summed E-state index contributed by atoms with van der Waals surface area (Å²) in [6.45, 7) is 3.46. The predicted octanol–water partition coefficient (Wildman–Crippen LogP) is 2.19. The molecule has 0 unspecified atom stereocenters. The predicted molar refractivity (Wildman–Crippen MR) is 69.0 cm³/mol. The summed E-state index contributed by atoms with van der Waals surface area (Å²) in [6.07, 6.45) is 2.25. The van der Waals surface area contributed by atoms with Crippen LogP contribution in [0, 0.1) is 0 Å². The second-order valence-corrected chi connectivity index (χ2v) is 4.30. The molecule has 3 heteroatoms. The van der Waals surface area contributed by atoms with Gasteiger partial charge in [-0.05, 0) is 26.0 Å². The molecule has 0 aliphatic rings. The second kappa shape index (κ2) is 6.86. The van der Waals surface area contributed by atoms with E-state index in [1.165, 1.54) is 11.6 Å². The highest BCUT2D eigenvalue weighted by Crippen LogP contribution is 2.02. The van der Waals surface area contributed by atoms with Crippen LogP contribution in [0.25, 0.3) is 0 Å². The normalized spacial score (nSPS) is 11.8. The molecule has 1 aromatic rings. The van der Waals surface area contributed by atoms with E-state index in [0.717, 1.165) is 18.5 Å². The van der Waals surface area contributed by atoms with Gasteiger partial charge in [0, 0.05) is 19.2 Å². The van der Waals surface area contributed by atoms with Crippen LogP contribution in [0.5, 0.6) is 0 Å². The summed E-state index contributed by atoms with van der Waals surface area (Å²) in [7, 11) is 2.00. The first-order valence-corrected chi connectivity index (χ1v) is 5.70. The van der Waals surface area contributed by atoms with E-state index in [2.05, 4.69) is 17.0 Å². The van der Waals surface area contributed by atoms with Crippen molar-refractivity contribution in [2.24, 2.45) is 0 Å². The zero-order valence-electron chi connectivity index (χ0n) is 10.4. The van der Waals surface area contributed by atoms with Crippen molar-refractivity contribution in [1.82, 2.24) is 4.90 Å². The molecule has 92 valence electrons. The Morgan fingerprint density at radius 3 is 2.59 bits per heavy atom. The van der Waals surface area contributed by atoms with Gasteiger partial charge in [0.15, 0.2) is 0 Å². The van der Waals surface area contributed by atoms with Crippen molar-refractivity contribution in [3.63, 3.8) is 0 Å². The Morgan fingerprint density at radius 1 is 1.35 bits per heavy atom. The number of likely N-dealkylation sites (N-methyl/N-ethyl adjacent to an activating group) is 1. The Hall–Kier alpha value is -1.61. The van der Waals surface area contributed by atoms with Gasteiger partial charge in [-0.1, -0.05) is 35.9 Å². The lowest BCUT2D eigenvalue weighted by atomic mass is 10.1. The lowest BCUT2D eigenvalue weighted by Crippen LogP contribution is -2.23. The summed E-state index contributed by atoms with van der Waals surface area (Å²) in [6, 6.07) is 10.3. The molecule has 0 aromatic heterocycles. The first-order valence-electron chi connectivity index (χ1n) is 5.70. The first kappa shape index (κ1) is 13.5. The van der Waals surface area contributed by atoms with E-state index >= 15 is 0 Å². The van der Waals surface area contributed by atoms with Crippen LogP contribution in [0.15, 0.2) is 42.0 Å². The van der Waals surface area contributed by atoms with Crippen LogP contribution in [0.3, 0.4) is 0 Å². The smallest absolute Gasteiger partial charge is 0.328 e. The van der Waals surface area contributed by atoms with Crippen LogP contribution in [0.4, 0.5) is 0 Å². The van der Waals surface area contributed by atoms with Gasteiger partial charge in [-0.25, -0.2) is 4.79 Å². The minimum atomic E-state index is -0.876. The van der Waals surface area contributed by atoms with Gasteiger partial charge in [0.25, 0.3) is 0 Å². The maximum Gasteiger partial charge on any atom is 0.328 e. The summed E-state index contributed by atoms with van der Waals surface area (Å²) in [5.74, 6) is -0.876. The minimum Gasteiger partial charge on any atom is -0.478 e. The van der Waals surface area contributed by atoms with Gasteiger partial charge in [0.2, 0.25) is 0 Å². The highest BCUT2D eigenvalue weighted by molar-refractivity contribution is 5.80. The molecule has 0 aliphatic carbocycles. The van der Waals surface area contributed by atoms with Gasteiger partial charge in [0.05, 0.1) is 0 Å². The fraction of sp³-hybridized carbons (Fsp3) is 0.357. The van der Waals surface area contributed by atoms with Crippen LogP contribution in [0.1, 0.15) is 12.5 Å². The van der Waals surface area contributed by atoms with E-state index in [4.69, 9.17) is 5.11 Å². The summed E-state index contributed by atoms with van der Waals surface area (Å²) in [4.78, 5) is 12.6. The maximum absolute atomic E-state index is 10.5. The third-order valence-electron chi connectivity index (χ3n) is 2.51. The lowest BCUT2D eigenvalue weighted by molar-refractivity contribution is -0.131. The lowest BCUT2D eigenvalue weighted by Gasteiger charge is -2.16. The molecule has 0 saturated heterocycles. The molecule has 1 aromatic carbocycles. The molecule has 1 N–H and O–H groups in total. The minimum absolute atomic E-state index is 0.694. The average Bonchev–Trinajstić information content (AvgIpc) is 2.26. The maximum atomic E-state index is 10.5. The Labute approximate surface area is 102 Å². The number of aliphatic carboxylic acids is 1. The summed E-state index contributed by atoms with van der Waals surface area (Å²) >= 11 is 0. The number of hydrogen-bond donors (Lipinski definition) is 1. The number of nitrogens with zero attached hydrogens (tertiary/aromatic N) is 1. The number of benzene rings is 1. The zero-order chi connectivity index (χ0) is 12.7. The van der Waals surface area contributed by atoms with Crippen LogP contribution in [-0.4, -0.2) is 36.1 Å². The fourth-order valence-corrected chi connectivity index (χ4v) is 1.73. The van der Waals surface area contributed by atoms with Crippen LogP contribution in [0.2, 0.25) is 0 Å². The van der Waals surface area contributed by atoms with Crippen LogP contribution >= 0.6 is 0 Å². The molecular weight excluding hydrogens is 214 g/mol. The molecule has 0 spiro atoms. The SMILES string of the molecule is CC(=CC(=O)O)CN(C)CCc1ccccc1. The Morgan fingerprint density at radius 2 is 2.00 bits per heavy atom. The molecule has 0 heterocycles. The third kappa shape index (κ3) is 5.88. The number of rotatable bonds is 6. The monoisotopic (exact) mass is 233 g/mol. The van der Waals surface area contributed by atoms with Crippen LogP contribution in [-0.2, 0) is 11.2 Å². The van der Waals surface area contributed by atoms with E-state index in [9.17, 15) is 4.79 Å². The van der Waals surface area contributed by atoms with E-state index in [1.54, 1.807) is 0 Å². The number of carboxylic acid groups (broad SMARTS) is 1. The fourth-order valence-electron chi connectivity index (χ4n) is 1.73. The molecule has 0 atom stereocenters. The second-order valence-electron chi connectivity index (χ2n) is 4.30. The van der Waals surface area contributed by atoms with Crippen molar-refractivity contribution in [2.45, 2.75) is 13.3 Å². The molecular formula is C14H19NO2. The summed E-state index contributed by atoms with van der Waals surface area (Å²) in [5, 5.41) is 8.61. The van der Waals surface area contributed by atoms with Crippen molar-refractivity contribution in [3.8, 4) is 0 Å². The topological polar surface area (TPSA) is 40.5 Å².